The molecule has 5 heteroatoms. The molecule has 3 nitrogen and oxygen atoms in total. The molecular formula is C13H16BrN3S. The summed E-state index contributed by atoms with van der Waals surface area (Å²) in [5.41, 5.74) is 6.70. The number of thiophene rings is 1. The number of nitrogen functional groups attached to an aromatic ring is 1. The molecule has 2 rings (SSSR count). The number of nitrogens with zero attached hydrogens (tertiary/aromatic N) is 2. The Kier molecular flexibility index (Phi) is 4.24. The molecule has 0 saturated carbocycles. The monoisotopic (exact) mass is 325 g/mol. The number of hydrogen-bond acceptors (Lipinski definition) is 4. The number of rotatable bonds is 4. The minimum absolute atomic E-state index is 0.361. The molecular weight excluding hydrogens is 310 g/mol. The van der Waals surface area contributed by atoms with Crippen molar-refractivity contribution < 1.29 is 0 Å². The topological polar surface area (TPSA) is 42.2 Å². The minimum Gasteiger partial charge on any atom is -0.396 e. The maximum Gasteiger partial charge on any atom is 0.151 e. The second-order valence-corrected chi connectivity index (χ2v) is 6.26. The number of halogens is 1. The van der Waals surface area contributed by atoms with E-state index in [2.05, 4.69) is 50.3 Å². The van der Waals surface area contributed by atoms with Gasteiger partial charge in [0, 0.05) is 35.1 Å². The summed E-state index contributed by atoms with van der Waals surface area (Å²) in [5, 5.41) is 2.11. The molecule has 0 saturated heterocycles. The number of pyridine rings is 1. The van der Waals surface area contributed by atoms with Gasteiger partial charge in [0.1, 0.15) is 0 Å². The molecule has 2 N–H and O–H groups in total. The van der Waals surface area contributed by atoms with Crippen LogP contribution < -0.4 is 10.6 Å². The summed E-state index contributed by atoms with van der Waals surface area (Å²) >= 11 is 5.16. The van der Waals surface area contributed by atoms with Gasteiger partial charge in [-0.3, -0.25) is 0 Å². The lowest BCUT2D eigenvalue weighted by atomic mass is 10.2. The predicted octanol–water partition coefficient (Wildman–Crippen LogP) is 3.56. The number of hydrogen-bond donors (Lipinski definition) is 1. The highest BCUT2D eigenvalue weighted by atomic mass is 79.9. The van der Waals surface area contributed by atoms with Crippen LogP contribution in [0, 0.1) is 0 Å². The lowest BCUT2D eigenvalue weighted by Crippen LogP contribution is -2.31. The molecule has 96 valence electrons. The third-order valence-electron chi connectivity index (χ3n) is 2.93. The normalized spacial score (nSPS) is 12.4. The molecule has 2 aromatic rings. The molecule has 0 aromatic carbocycles. The Hall–Kier alpha value is -1.07. The Balaban J connectivity index is 2.12. The van der Waals surface area contributed by atoms with E-state index in [0.29, 0.717) is 11.7 Å². The van der Waals surface area contributed by atoms with E-state index >= 15 is 0 Å². The van der Waals surface area contributed by atoms with Crippen LogP contribution in [0.2, 0.25) is 0 Å². The van der Waals surface area contributed by atoms with Gasteiger partial charge < -0.3 is 10.6 Å². The first-order valence-electron chi connectivity index (χ1n) is 5.74. The van der Waals surface area contributed by atoms with Gasteiger partial charge in [0.05, 0.1) is 5.69 Å². The van der Waals surface area contributed by atoms with Crippen LogP contribution in [0.5, 0.6) is 0 Å². The van der Waals surface area contributed by atoms with Gasteiger partial charge in [-0.1, -0.05) is 6.07 Å². The van der Waals surface area contributed by atoms with Gasteiger partial charge in [0.15, 0.2) is 5.82 Å². The minimum atomic E-state index is 0.361. The summed E-state index contributed by atoms with van der Waals surface area (Å²) in [6.45, 7) is 2.18. The quantitative estimate of drug-likeness (QED) is 0.934. The zero-order valence-electron chi connectivity index (χ0n) is 10.4. The van der Waals surface area contributed by atoms with Crippen LogP contribution in [0.3, 0.4) is 0 Å². The Morgan fingerprint density at radius 3 is 2.94 bits per heavy atom. The fourth-order valence-electron chi connectivity index (χ4n) is 1.81. The molecule has 18 heavy (non-hydrogen) atoms. The zero-order valence-corrected chi connectivity index (χ0v) is 12.8. The van der Waals surface area contributed by atoms with Crippen LogP contribution in [0.4, 0.5) is 11.5 Å². The Morgan fingerprint density at radius 2 is 2.33 bits per heavy atom. The van der Waals surface area contributed by atoms with Crippen LogP contribution >= 0.6 is 27.3 Å². The van der Waals surface area contributed by atoms with Crippen molar-refractivity contribution in [2.24, 2.45) is 0 Å². The number of anilines is 2. The molecule has 0 fully saturated rings. The fourth-order valence-corrected chi connectivity index (χ4v) is 2.98. The van der Waals surface area contributed by atoms with Crippen molar-refractivity contribution in [2.75, 3.05) is 17.7 Å². The molecule has 0 aliphatic rings. The summed E-state index contributed by atoms with van der Waals surface area (Å²) in [6, 6.07) is 6.49. The molecule has 0 bridgehead atoms. The SMILES string of the molecule is CC(Cc1cccs1)N(C)c1ncc(Br)cc1N. The first kappa shape index (κ1) is 13.4. The Labute approximate surface area is 120 Å². The van der Waals surface area contributed by atoms with E-state index in [1.807, 2.05) is 13.1 Å². The van der Waals surface area contributed by atoms with Crippen molar-refractivity contribution in [3.63, 3.8) is 0 Å². The first-order chi connectivity index (χ1) is 8.58. The van der Waals surface area contributed by atoms with Crippen molar-refractivity contribution >= 4 is 38.8 Å². The number of aromatic nitrogens is 1. The van der Waals surface area contributed by atoms with Crippen LogP contribution in [0.1, 0.15) is 11.8 Å². The van der Waals surface area contributed by atoms with Crippen LogP contribution in [0.15, 0.2) is 34.2 Å². The van der Waals surface area contributed by atoms with Crippen LogP contribution in [0.25, 0.3) is 0 Å². The highest BCUT2D eigenvalue weighted by Gasteiger charge is 2.15. The van der Waals surface area contributed by atoms with E-state index in [1.165, 1.54) is 4.88 Å². The lowest BCUT2D eigenvalue weighted by Gasteiger charge is -2.26. The van der Waals surface area contributed by atoms with Crippen molar-refractivity contribution in [1.82, 2.24) is 4.98 Å². The summed E-state index contributed by atoms with van der Waals surface area (Å²) in [6.07, 6.45) is 2.78. The maximum absolute atomic E-state index is 6.00. The third kappa shape index (κ3) is 3.03. The molecule has 0 radical (unpaired) electrons. The molecule has 1 unspecified atom stereocenters. The summed E-state index contributed by atoms with van der Waals surface area (Å²) < 4.78 is 0.906. The summed E-state index contributed by atoms with van der Waals surface area (Å²) in [7, 11) is 2.03. The molecule has 0 aliphatic carbocycles. The second-order valence-electron chi connectivity index (χ2n) is 4.31. The van der Waals surface area contributed by atoms with Crippen molar-refractivity contribution in [3.8, 4) is 0 Å². The second kappa shape index (κ2) is 5.71. The Morgan fingerprint density at radius 1 is 1.56 bits per heavy atom. The van der Waals surface area contributed by atoms with E-state index in [9.17, 15) is 0 Å². The third-order valence-corrected chi connectivity index (χ3v) is 4.27. The average molecular weight is 326 g/mol. The summed E-state index contributed by atoms with van der Waals surface area (Å²) in [5.74, 6) is 0.835. The Bertz CT molecular complexity index is 513. The molecule has 0 amide bonds. The maximum atomic E-state index is 6.00. The van der Waals surface area contributed by atoms with Gasteiger partial charge in [0.25, 0.3) is 0 Å². The lowest BCUT2D eigenvalue weighted by molar-refractivity contribution is 0.681. The highest BCUT2D eigenvalue weighted by Crippen LogP contribution is 2.25. The first-order valence-corrected chi connectivity index (χ1v) is 7.41. The fraction of sp³-hybridized carbons (Fsp3) is 0.308. The van der Waals surface area contributed by atoms with E-state index in [-0.39, 0.29) is 0 Å². The number of nitrogens with two attached hydrogens (primary N) is 1. The molecule has 2 aromatic heterocycles. The van der Waals surface area contributed by atoms with Gasteiger partial charge >= 0.3 is 0 Å². The van der Waals surface area contributed by atoms with Gasteiger partial charge in [-0.15, -0.1) is 11.3 Å². The van der Waals surface area contributed by atoms with Gasteiger partial charge in [-0.25, -0.2) is 4.98 Å². The smallest absolute Gasteiger partial charge is 0.151 e. The highest BCUT2D eigenvalue weighted by molar-refractivity contribution is 9.10. The van der Waals surface area contributed by atoms with Gasteiger partial charge in [0.2, 0.25) is 0 Å². The standard InChI is InChI=1S/C13H16BrN3S/c1-9(6-11-4-3-5-18-11)17(2)13-12(15)7-10(14)8-16-13/h3-5,7-9H,6,15H2,1-2H3. The van der Waals surface area contributed by atoms with E-state index < -0.39 is 0 Å². The van der Waals surface area contributed by atoms with E-state index in [4.69, 9.17) is 5.73 Å². The van der Waals surface area contributed by atoms with Gasteiger partial charge in [-0.2, -0.15) is 0 Å². The van der Waals surface area contributed by atoms with Crippen LogP contribution in [-0.2, 0) is 6.42 Å². The zero-order chi connectivity index (χ0) is 13.1. The average Bonchev–Trinajstić information content (AvgIpc) is 2.81. The number of likely N-dealkylation sites (N-methyl/N-ethyl adjacent to an activating group) is 1. The molecule has 0 aliphatic heterocycles. The van der Waals surface area contributed by atoms with E-state index in [0.717, 1.165) is 16.7 Å². The van der Waals surface area contributed by atoms with Crippen LogP contribution in [-0.4, -0.2) is 18.1 Å². The summed E-state index contributed by atoms with van der Waals surface area (Å²) in [4.78, 5) is 7.89. The van der Waals surface area contributed by atoms with Crippen molar-refractivity contribution in [2.45, 2.75) is 19.4 Å². The van der Waals surface area contributed by atoms with Crippen molar-refractivity contribution in [3.05, 3.63) is 39.1 Å². The van der Waals surface area contributed by atoms with Gasteiger partial charge in [-0.05, 0) is 40.4 Å². The molecule has 1 atom stereocenters. The predicted molar refractivity (Wildman–Crippen MR) is 82.2 cm³/mol. The largest absolute Gasteiger partial charge is 0.396 e. The molecule has 0 spiro atoms. The molecule has 2 heterocycles. The van der Waals surface area contributed by atoms with E-state index in [1.54, 1.807) is 17.5 Å². The van der Waals surface area contributed by atoms with Crippen molar-refractivity contribution in [1.29, 1.82) is 0 Å².